The molecular weight excluding hydrogens is 448 g/mol. The number of thiazole rings is 1. The smallest absolute Gasteiger partial charge is 0.267 e. The lowest BCUT2D eigenvalue weighted by atomic mass is 10.1. The molecule has 0 aliphatic carbocycles. The minimum absolute atomic E-state index is 0.0208. The second-order valence-electron chi connectivity index (χ2n) is 7.46. The molecule has 0 fully saturated rings. The summed E-state index contributed by atoms with van der Waals surface area (Å²) < 4.78 is 1.16. The molecule has 3 heterocycles. The number of rotatable bonds is 6. The number of fused-ring (bicyclic) bond motifs is 1. The summed E-state index contributed by atoms with van der Waals surface area (Å²) in [6, 6.07) is 21.2. The van der Waals surface area contributed by atoms with Gasteiger partial charge in [-0.25, -0.2) is 19.5 Å². The number of aliphatic imine (C=N–C) groups is 1. The number of ketones is 1. The summed E-state index contributed by atoms with van der Waals surface area (Å²) in [5, 5.41) is 14.2. The second kappa shape index (κ2) is 9.21. The van der Waals surface area contributed by atoms with Gasteiger partial charge in [0.2, 0.25) is 11.0 Å². The van der Waals surface area contributed by atoms with Crippen molar-refractivity contribution in [2.75, 3.05) is 0 Å². The largest absolute Gasteiger partial charge is 0.494 e. The van der Waals surface area contributed by atoms with E-state index in [-0.39, 0.29) is 23.6 Å². The van der Waals surface area contributed by atoms with Gasteiger partial charge in [-0.1, -0.05) is 54.6 Å². The van der Waals surface area contributed by atoms with Crippen LogP contribution in [0.1, 0.15) is 21.6 Å². The Hall–Kier alpha value is -4.43. The van der Waals surface area contributed by atoms with Crippen LogP contribution < -0.4 is 5.56 Å². The predicted molar refractivity (Wildman–Crippen MR) is 133 cm³/mol. The average Bonchev–Trinajstić information content (AvgIpc) is 3.32. The zero-order valence-corrected chi connectivity index (χ0v) is 18.6. The van der Waals surface area contributed by atoms with Gasteiger partial charge in [-0.3, -0.25) is 9.59 Å². The standard InChI is InChI=1S/C26H18N4O3S/c31-22(17-8-2-1-3-9-17)14-18-16-34-26(29-18)28-15-21-19-10-4-5-11-20(19)24(32)30(25(21)33)23-12-6-7-13-27-23/h1-13,15-16,33H,14H2/b28-15+. The zero-order valence-electron chi connectivity index (χ0n) is 17.8. The van der Waals surface area contributed by atoms with Gasteiger partial charge in [-0.2, -0.15) is 0 Å². The van der Waals surface area contributed by atoms with Gasteiger partial charge in [0.1, 0.15) is 5.82 Å². The lowest BCUT2D eigenvalue weighted by Gasteiger charge is -2.12. The lowest BCUT2D eigenvalue weighted by molar-refractivity contribution is 0.0992. The molecule has 5 aromatic rings. The highest BCUT2D eigenvalue weighted by Gasteiger charge is 2.17. The molecule has 0 amide bonds. The predicted octanol–water partition coefficient (Wildman–Crippen LogP) is 4.72. The van der Waals surface area contributed by atoms with Crippen LogP contribution in [0.4, 0.5) is 5.13 Å². The average molecular weight is 467 g/mol. The fraction of sp³-hybridized carbons (Fsp3) is 0.0385. The molecule has 0 radical (unpaired) electrons. The van der Waals surface area contributed by atoms with Crippen LogP contribution in [0.5, 0.6) is 5.88 Å². The Labute approximate surface area is 198 Å². The van der Waals surface area contributed by atoms with Crippen LogP contribution in [-0.4, -0.2) is 31.6 Å². The third-order valence-electron chi connectivity index (χ3n) is 5.26. The Morgan fingerprint density at radius 3 is 2.50 bits per heavy atom. The number of benzene rings is 2. The number of pyridine rings is 2. The second-order valence-corrected chi connectivity index (χ2v) is 8.29. The monoisotopic (exact) mass is 466 g/mol. The SMILES string of the molecule is O=C(Cc1csc(/N=C/c2c(O)n(-c3ccccn3)c(=O)c3ccccc23)n1)c1ccccc1. The molecule has 0 atom stereocenters. The first-order valence-corrected chi connectivity index (χ1v) is 11.3. The summed E-state index contributed by atoms with van der Waals surface area (Å²) in [6.45, 7) is 0. The number of aromatic hydroxyl groups is 1. The van der Waals surface area contributed by atoms with Crippen LogP contribution >= 0.6 is 11.3 Å². The maximum Gasteiger partial charge on any atom is 0.267 e. The summed E-state index contributed by atoms with van der Waals surface area (Å²) >= 11 is 1.30. The van der Waals surface area contributed by atoms with E-state index >= 15 is 0 Å². The van der Waals surface area contributed by atoms with Gasteiger partial charge in [-0.05, 0) is 18.2 Å². The normalized spacial score (nSPS) is 11.3. The number of Topliss-reactive ketones (excluding diaryl/α,β-unsaturated/α-hetero) is 1. The quantitative estimate of drug-likeness (QED) is 0.288. The van der Waals surface area contributed by atoms with Crippen LogP contribution in [-0.2, 0) is 6.42 Å². The molecular formula is C26H18N4O3S. The van der Waals surface area contributed by atoms with Gasteiger partial charge in [0.05, 0.1) is 17.7 Å². The fourth-order valence-electron chi connectivity index (χ4n) is 3.63. The van der Waals surface area contributed by atoms with Gasteiger partial charge < -0.3 is 5.11 Å². The Kier molecular flexibility index (Phi) is 5.80. The van der Waals surface area contributed by atoms with Crippen LogP contribution in [0.15, 0.2) is 94.2 Å². The molecule has 2 aromatic carbocycles. The molecule has 7 nitrogen and oxygen atoms in total. The van der Waals surface area contributed by atoms with Crippen molar-refractivity contribution >= 4 is 39.2 Å². The summed E-state index contributed by atoms with van der Waals surface area (Å²) in [5.74, 6) is 0.0241. The van der Waals surface area contributed by atoms with Crippen molar-refractivity contribution in [2.24, 2.45) is 4.99 Å². The van der Waals surface area contributed by atoms with E-state index in [2.05, 4.69) is 15.0 Å². The minimum atomic E-state index is -0.375. The van der Waals surface area contributed by atoms with E-state index in [0.717, 1.165) is 4.57 Å². The Morgan fingerprint density at radius 2 is 1.74 bits per heavy atom. The van der Waals surface area contributed by atoms with Crippen molar-refractivity contribution in [3.8, 4) is 11.7 Å². The van der Waals surface area contributed by atoms with Crippen LogP contribution in [0, 0.1) is 0 Å². The van der Waals surface area contributed by atoms with E-state index < -0.39 is 0 Å². The molecule has 0 spiro atoms. The van der Waals surface area contributed by atoms with Crippen molar-refractivity contribution in [3.05, 3.63) is 112 Å². The molecule has 5 rings (SSSR count). The topological polar surface area (TPSA) is 97.4 Å². The van der Waals surface area contributed by atoms with Crippen molar-refractivity contribution < 1.29 is 9.90 Å². The van der Waals surface area contributed by atoms with E-state index in [1.54, 1.807) is 66.2 Å². The molecule has 3 aromatic heterocycles. The molecule has 0 aliphatic rings. The van der Waals surface area contributed by atoms with Gasteiger partial charge in [0, 0.05) is 34.1 Å². The minimum Gasteiger partial charge on any atom is -0.494 e. The van der Waals surface area contributed by atoms with Gasteiger partial charge in [0.25, 0.3) is 5.56 Å². The third-order valence-corrected chi connectivity index (χ3v) is 6.06. The van der Waals surface area contributed by atoms with Crippen molar-refractivity contribution in [2.45, 2.75) is 6.42 Å². The molecule has 0 aliphatic heterocycles. The molecule has 34 heavy (non-hydrogen) atoms. The number of nitrogens with zero attached hydrogens (tertiary/aromatic N) is 4. The molecule has 0 bridgehead atoms. The highest BCUT2D eigenvalue weighted by Crippen LogP contribution is 2.27. The number of carbonyl (C=O) groups is 1. The summed E-state index contributed by atoms with van der Waals surface area (Å²) in [7, 11) is 0. The number of hydrogen-bond acceptors (Lipinski definition) is 7. The molecule has 8 heteroatoms. The van der Waals surface area contributed by atoms with E-state index in [0.29, 0.717) is 38.5 Å². The van der Waals surface area contributed by atoms with Gasteiger partial charge in [-0.15, -0.1) is 11.3 Å². The molecule has 0 unspecified atom stereocenters. The van der Waals surface area contributed by atoms with Crippen LogP contribution in [0.3, 0.4) is 0 Å². The first-order valence-electron chi connectivity index (χ1n) is 10.5. The van der Waals surface area contributed by atoms with Crippen molar-refractivity contribution in [1.82, 2.24) is 14.5 Å². The Balaban J connectivity index is 1.50. The lowest BCUT2D eigenvalue weighted by Crippen LogP contribution is -2.20. The molecule has 0 saturated heterocycles. The first kappa shape index (κ1) is 21.4. The Morgan fingerprint density at radius 1 is 1.00 bits per heavy atom. The number of hydrogen-bond donors (Lipinski definition) is 1. The molecule has 166 valence electrons. The third kappa shape index (κ3) is 4.14. The number of aromatic nitrogens is 3. The van der Waals surface area contributed by atoms with Crippen molar-refractivity contribution in [3.63, 3.8) is 0 Å². The van der Waals surface area contributed by atoms with E-state index in [9.17, 15) is 14.7 Å². The highest BCUT2D eigenvalue weighted by molar-refractivity contribution is 7.13. The maximum absolute atomic E-state index is 13.1. The summed E-state index contributed by atoms with van der Waals surface area (Å²) in [5.41, 5.74) is 1.25. The van der Waals surface area contributed by atoms with E-state index in [1.807, 2.05) is 18.2 Å². The maximum atomic E-state index is 13.1. The first-order chi connectivity index (χ1) is 16.6. The Bertz CT molecular complexity index is 1570. The molecule has 1 N–H and O–H groups in total. The zero-order chi connectivity index (χ0) is 23.5. The van der Waals surface area contributed by atoms with E-state index in [1.165, 1.54) is 17.6 Å². The number of carbonyl (C=O) groups excluding carboxylic acids is 1. The fourth-order valence-corrected chi connectivity index (χ4v) is 4.30. The van der Waals surface area contributed by atoms with Crippen molar-refractivity contribution in [1.29, 1.82) is 0 Å². The summed E-state index contributed by atoms with van der Waals surface area (Å²) in [6.07, 6.45) is 3.21. The van der Waals surface area contributed by atoms with Gasteiger partial charge >= 0.3 is 0 Å². The van der Waals surface area contributed by atoms with Crippen LogP contribution in [0.2, 0.25) is 0 Å². The highest BCUT2D eigenvalue weighted by atomic mass is 32.1. The molecule has 0 saturated carbocycles. The van der Waals surface area contributed by atoms with E-state index in [4.69, 9.17) is 0 Å². The van der Waals surface area contributed by atoms with Gasteiger partial charge in [0.15, 0.2) is 5.78 Å². The van der Waals surface area contributed by atoms with Crippen LogP contribution in [0.25, 0.3) is 16.6 Å². The summed E-state index contributed by atoms with van der Waals surface area (Å²) in [4.78, 5) is 38.6.